The second kappa shape index (κ2) is 39.8. The number of likely N-dealkylation sites (tertiary alicyclic amines) is 1. The molecule has 2 aliphatic rings. The number of pyridine rings is 2. The van der Waals surface area contributed by atoms with Gasteiger partial charge < -0.3 is 56.2 Å². The minimum atomic E-state index is -0.392. The maximum absolute atomic E-state index is 13.5. The second-order valence-corrected chi connectivity index (χ2v) is 31.3. The van der Waals surface area contributed by atoms with Crippen molar-refractivity contribution < 1.29 is 38.1 Å². The van der Waals surface area contributed by atoms with Crippen molar-refractivity contribution in [1.82, 2.24) is 70.3 Å². The van der Waals surface area contributed by atoms with Crippen molar-refractivity contribution in [3.8, 4) is 22.9 Å². The van der Waals surface area contributed by atoms with Gasteiger partial charge >= 0.3 is 12.1 Å². The van der Waals surface area contributed by atoms with E-state index in [2.05, 4.69) is 140 Å². The predicted octanol–water partition coefficient (Wildman–Crippen LogP) is 15.9. The van der Waals surface area contributed by atoms with Gasteiger partial charge in [0.05, 0.1) is 71.1 Å². The number of piperidine rings is 2. The van der Waals surface area contributed by atoms with E-state index in [9.17, 15) is 19.2 Å². The van der Waals surface area contributed by atoms with Crippen LogP contribution in [0.15, 0.2) is 195 Å². The number of urea groups is 2. The molecule has 6 aromatic carbocycles. The van der Waals surface area contributed by atoms with Crippen molar-refractivity contribution >= 4 is 108 Å². The fourth-order valence-corrected chi connectivity index (χ4v) is 13.2. The summed E-state index contributed by atoms with van der Waals surface area (Å²) in [5.41, 5.74) is 8.75. The molecule has 6 amide bonds. The first-order chi connectivity index (χ1) is 56.5. The lowest BCUT2D eigenvalue weighted by Crippen LogP contribution is -2.43. The molecule has 12 aromatic rings. The zero-order valence-corrected chi connectivity index (χ0v) is 69.2. The highest BCUT2D eigenvalue weighted by molar-refractivity contribution is 9.09. The lowest BCUT2D eigenvalue weighted by atomic mass is 9.92. The molecule has 0 bridgehead atoms. The van der Waals surface area contributed by atoms with Gasteiger partial charge in [-0.15, -0.1) is 0 Å². The number of amides is 6. The summed E-state index contributed by atoms with van der Waals surface area (Å²) in [4.78, 5) is 80.0. The van der Waals surface area contributed by atoms with E-state index < -0.39 is 12.1 Å². The summed E-state index contributed by atoms with van der Waals surface area (Å²) in [6.45, 7) is 23.0. The number of fused-ring (bicyclic) bond motifs is 2. The molecule has 2 aliphatic heterocycles. The van der Waals surface area contributed by atoms with Gasteiger partial charge in [-0.3, -0.25) is 25.1 Å². The second-order valence-electron chi connectivity index (χ2n) is 30.5. The number of nitrogens with zero attached hydrogens (tertiary/aromatic N) is 11. The summed E-state index contributed by atoms with van der Waals surface area (Å²) in [6, 6.07) is 49.4. The van der Waals surface area contributed by atoms with Crippen LogP contribution in [0, 0.1) is 13.8 Å². The van der Waals surface area contributed by atoms with E-state index in [4.69, 9.17) is 29.1 Å². The number of halogens is 1. The first kappa shape index (κ1) is 84.1. The molecule has 29 heteroatoms. The summed E-state index contributed by atoms with van der Waals surface area (Å²) in [5.74, 6) is 3.90. The lowest BCUT2D eigenvalue weighted by Gasteiger charge is -2.31. The largest absolute Gasteiger partial charge is 0.488 e. The Labute approximate surface area is 689 Å². The van der Waals surface area contributed by atoms with E-state index in [0.29, 0.717) is 82.3 Å². The summed E-state index contributed by atoms with van der Waals surface area (Å²) in [7, 11) is 3.52. The molecule has 117 heavy (non-hydrogen) atoms. The van der Waals surface area contributed by atoms with E-state index in [1.54, 1.807) is 36.0 Å². The Morgan fingerprint density at radius 1 is 0.504 bits per heavy atom. The molecular weight excluding hydrogens is 1550 g/mol. The summed E-state index contributed by atoms with van der Waals surface area (Å²) in [6.07, 6.45) is 14.6. The number of aryl methyl sites for hydroxylation is 2. The molecule has 0 unspecified atom stereocenters. The van der Waals surface area contributed by atoms with Crippen molar-refractivity contribution in [1.29, 1.82) is 0 Å². The van der Waals surface area contributed by atoms with Crippen LogP contribution >= 0.6 is 15.9 Å². The van der Waals surface area contributed by atoms with E-state index in [-0.39, 0.29) is 53.3 Å². The van der Waals surface area contributed by atoms with Crippen LogP contribution in [-0.2, 0) is 33.5 Å². The highest BCUT2D eigenvalue weighted by Crippen LogP contribution is 2.36. The zero-order valence-electron chi connectivity index (χ0n) is 67.6. The Morgan fingerprint density at radius 3 is 1.38 bits per heavy atom. The first-order valence-electron chi connectivity index (χ1n) is 39.0. The third-order valence-corrected chi connectivity index (χ3v) is 19.8. The van der Waals surface area contributed by atoms with Gasteiger partial charge in [0.2, 0.25) is 0 Å². The molecular formula is C88H101BrN20O8. The number of alkyl halides is 1. The standard InChI is InChI=1S/C44H50N10O4.C38H38BrN9O3.C6H13NO/c1-29-12-14-31(15-13-29)54-41(24-38(52-54)44(2,3)4)51-43(56)49-35-16-17-37(34-11-7-6-10-33(34)35)58-28-30-18-19-45-39(23-30)50-40-26-47-36(25-48-40)42(55)46-20-22-53-21-8-9-32(27-53)57-5;1-24-9-11-26(12-10-24)48-35(20-32(47-48)38(2,3)4)46-37(50)44-29-13-14-31(28-8-6-5-7-27(28)29)51-23-25-15-17-40-33(19-25)45-34-22-42-30(21-43-34)36(49)41-18-16-39;1-8-6-3-2-4-7-5-6/h6-7,10-19,23-26,32H,8-9,20-22,27-28H2,1-5H3,(H,46,55)(H,45,48,50)(H2,49,51,56);5-15,17,19-22H,16,18,23H2,1-4H3,(H,41,49)(H,40,43,45)(H2,44,46,50);6-7H,2-5H2,1H3/t32-;;6-/m0.0/s1. The van der Waals surface area contributed by atoms with E-state index in [1.807, 2.05) is 172 Å². The average Bonchev–Trinajstić information content (AvgIpc) is 1.79. The number of aromatic nitrogens is 10. The summed E-state index contributed by atoms with van der Waals surface area (Å²) >= 11 is 3.28. The molecule has 14 rings (SSSR count). The van der Waals surface area contributed by atoms with Crippen molar-refractivity contribution in [3.63, 3.8) is 0 Å². The molecule has 0 aliphatic carbocycles. The number of anilines is 8. The predicted molar refractivity (Wildman–Crippen MR) is 463 cm³/mol. The quantitative estimate of drug-likeness (QED) is 0.0240. The van der Waals surface area contributed by atoms with Crippen molar-refractivity contribution in [2.75, 3.05) is 97.3 Å². The SMILES string of the molecule is CO[C@H]1CCCN(CCNC(=O)c2cnc(Nc3cc(COc4ccc(NC(=O)Nc5cc(C(C)(C)C)nn5-c5ccc(C)cc5)c5ccccc45)ccn3)cn2)C1.CO[C@H]1CCCNC1.Cc1ccc(-n2nc(C(C)(C)C)cc2NC(=O)Nc2ccc(OCc3ccnc(Nc4cnc(C(=O)NCCBr)cn4)c3)c3ccccc23)cc1. The molecule has 0 radical (unpaired) electrons. The molecule has 2 atom stereocenters. The molecule has 6 aromatic heterocycles. The van der Waals surface area contributed by atoms with Crippen LogP contribution in [0.5, 0.6) is 11.5 Å². The minimum absolute atomic E-state index is 0.211. The highest BCUT2D eigenvalue weighted by Gasteiger charge is 2.26. The number of hydrogen-bond acceptors (Lipinski definition) is 20. The Bertz CT molecular complexity index is 5340. The van der Waals surface area contributed by atoms with Crippen LogP contribution < -0.4 is 57.3 Å². The topological polar surface area (TPSA) is 330 Å². The molecule has 2 fully saturated rings. The monoisotopic (exact) mass is 1640 g/mol. The normalized spacial score (nSPS) is 14.2. The van der Waals surface area contributed by atoms with Gasteiger partial charge in [0.1, 0.15) is 71.0 Å². The molecule has 8 heterocycles. The van der Waals surface area contributed by atoms with Gasteiger partial charge in [-0.05, 0) is 137 Å². The van der Waals surface area contributed by atoms with Crippen molar-refractivity contribution in [2.24, 2.45) is 0 Å². The van der Waals surface area contributed by atoms with E-state index >= 15 is 0 Å². The molecule has 28 nitrogen and oxygen atoms in total. The van der Waals surface area contributed by atoms with Gasteiger partial charge in [-0.25, -0.2) is 48.9 Å². The van der Waals surface area contributed by atoms with Crippen LogP contribution in [0.4, 0.5) is 55.9 Å². The number of benzene rings is 6. The molecule has 0 saturated carbocycles. The lowest BCUT2D eigenvalue weighted by molar-refractivity contribution is 0.0318. The van der Waals surface area contributed by atoms with Gasteiger partial charge in [-0.2, -0.15) is 10.2 Å². The maximum atomic E-state index is 13.5. The van der Waals surface area contributed by atoms with E-state index in [1.165, 1.54) is 44.2 Å². The van der Waals surface area contributed by atoms with Crippen molar-refractivity contribution in [2.45, 2.75) is 117 Å². The van der Waals surface area contributed by atoms with Crippen LogP contribution in [0.2, 0.25) is 0 Å². The van der Waals surface area contributed by atoms with Crippen LogP contribution in [0.1, 0.15) is 122 Å². The molecule has 9 N–H and O–H groups in total. The highest BCUT2D eigenvalue weighted by atomic mass is 79.9. The Hall–Kier alpha value is -12.3. The molecule has 0 spiro atoms. The third-order valence-electron chi connectivity index (χ3n) is 19.5. The van der Waals surface area contributed by atoms with Crippen LogP contribution in [0.3, 0.4) is 0 Å². The van der Waals surface area contributed by atoms with Gasteiger partial charge in [0.15, 0.2) is 0 Å². The molecule has 608 valence electrons. The summed E-state index contributed by atoms with van der Waals surface area (Å²) in [5, 5.41) is 40.9. The Kier molecular flexibility index (Phi) is 28.7. The van der Waals surface area contributed by atoms with Gasteiger partial charge in [-0.1, -0.05) is 141 Å². The molecule has 2 saturated heterocycles. The minimum Gasteiger partial charge on any atom is -0.488 e. The number of hydrogen-bond donors (Lipinski definition) is 9. The van der Waals surface area contributed by atoms with Crippen molar-refractivity contribution in [3.05, 3.63) is 240 Å². The number of methoxy groups -OCH3 is 2. The maximum Gasteiger partial charge on any atom is 0.324 e. The average molecular weight is 1650 g/mol. The number of carbonyl (C=O) groups excluding carboxylic acids is 4. The van der Waals surface area contributed by atoms with Crippen LogP contribution in [0.25, 0.3) is 32.9 Å². The van der Waals surface area contributed by atoms with Gasteiger partial charge in [0.25, 0.3) is 11.8 Å². The number of ether oxygens (including phenoxy) is 4. The number of carbonyl (C=O) groups is 4. The Balaban J connectivity index is 0.000000198. The fourth-order valence-electron chi connectivity index (χ4n) is 13.0. The zero-order chi connectivity index (χ0) is 82.4. The van der Waals surface area contributed by atoms with E-state index in [0.717, 1.165) is 106 Å². The first-order valence-corrected chi connectivity index (χ1v) is 40.1. The number of nitrogens with one attached hydrogen (secondary N) is 9. The fraction of sp³-hybridized carbons (Fsp3) is 0.318. The third kappa shape index (κ3) is 23.5. The van der Waals surface area contributed by atoms with Gasteiger partial charge in [0, 0.05) is 109 Å². The number of rotatable bonds is 25. The van der Waals surface area contributed by atoms with Crippen LogP contribution in [-0.4, -0.2) is 156 Å². The summed E-state index contributed by atoms with van der Waals surface area (Å²) < 4.78 is 26.7. The Morgan fingerprint density at radius 2 is 0.966 bits per heavy atom. The smallest absolute Gasteiger partial charge is 0.324 e.